The van der Waals surface area contributed by atoms with Crippen LogP contribution in [0.25, 0.3) is 0 Å². The fraction of sp³-hybridized carbons (Fsp3) is 0.273. The Hall–Kier alpha value is -2.09. The molecule has 2 heterocycles. The van der Waals surface area contributed by atoms with Crippen molar-refractivity contribution in [3.05, 3.63) is 35.4 Å². The van der Waals surface area contributed by atoms with Gasteiger partial charge in [0, 0.05) is 32.9 Å². The third-order valence-corrected chi connectivity index (χ3v) is 6.20. The van der Waals surface area contributed by atoms with Crippen LogP contribution < -0.4 is 0 Å². The number of aromatic nitrogens is 4. The number of nitrogens with zero attached hydrogens (tertiary/aromatic N) is 7. The van der Waals surface area contributed by atoms with Gasteiger partial charge in [-0.1, -0.05) is 11.6 Å². The highest BCUT2D eigenvalue weighted by atomic mass is 35.5. The number of rotatable bonds is 6. The molecule has 14 heteroatoms. The highest BCUT2D eigenvalue weighted by Gasteiger charge is 2.27. The molecule has 11 nitrogen and oxygen atoms in total. The van der Waals surface area contributed by atoms with Crippen molar-refractivity contribution >= 4 is 38.0 Å². The number of sulfonamides is 1. The molecule has 0 spiro atoms. The Morgan fingerprint density at radius 2 is 1.88 bits per heavy atom. The van der Waals surface area contributed by atoms with E-state index in [-0.39, 0.29) is 5.15 Å². The predicted molar refractivity (Wildman–Crippen MR) is 89.8 cm³/mol. The number of hydrazone groups is 1. The van der Waals surface area contributed by atoms with Gasteiger partial charge in [0.2, 0.25) is 0 Å². The largest absolute Gasteiger partial charge is 0.323 e. The molecule has 0 aliphatic heterocycles. The molecule has 0 saturated heterocycles. The van der Waals surface area contributed by atoms with Crippen molar-refractivity contribution in [3.63, 3.8) is 0 Å². The van der Waals surface area contributed by atoms with E-state index in [1.165, 1.54) is 26.5 Å². The third-order valence-electron chi connectivity index (χ3n) is 2.87. The fourth-order valence-corrected chi connectivity index (χ4v) is 3.13. The molecule has 2 rings (SSSR count). The molecule has 0 aromatic carbocycles. The van der Waals surface area contributed by atoms with Crippen molar-refractivity contribution in [2.45, 2.75) is 5.16 Å². The Morgan fingerprint density at radius 1 is 1.20 bits per heavy atom. The fourth-order valence-electron chi connectivity index (χ4n) is 1.45. The molecule has 0 fully saturated rings. The average molecular weight is 408 g/mol. The van der Waals surface area contributed by atoms with Gasteiger partial charge in [-0.25, -0.2) is 9.97 Å². The molecule has 0 aliphatic rings. The minimum absolute atomic E-state index is 0.150. The van der Waals surface area contributed by atoms with E-state index >= 15 is 0 Å². The van der Waals surface area contributed by atoms with E-state index in [1.54, 1.807) is 12.1 Å². The number of halogens is 1. The SMILES string of the molecule is CN(/N=C/c1cccnc1Cl)S(=O)(=O)c1ncn(S(=O)(=O)N(C)C)n1. The first-order valence-corrected chi connectivity index (χ1v) is 9.76. The first-order chi connectivity index (χ1) is 11.6. The maximum atomic E-state index is 12.4. The summed E-state index contributed by atoms with van der Waals surface area (Å²) in [5.41, 5.74) is 0.403. The Bertz CT molecular complexity index is 1000. The normalized spacial score (nSPS) is 12.8. The lowest BCUT2D eigenvalue weighted by Crippen LogP contribution is -2.30. The number of hydrogen-bond donors (Lipinski definition) is 0. The molecule has 0 atom stereocenters. The Labute approximate surface area is 149 Å². The Morgan fingerprint density at radius 3 is 2.48 bits per heavy atom. The van der Waals surface area contributed by atoms with E-state index < -0.39 is 25.4 Å². The van der Waals surface area contributed by atoms with Gasteiger partial charge in [-0.05, 0) is 12.1 Å². The molecule has 0 radical (unpaired) electrons. The summed E-state index contributed by atoms with van der Waals surface area (Å²) in [6.45, 7) is 0. The third kappa shape index (κ3) is 3.95. The average Bonchev–Trinajstić information content (AvgIpc) is 3.05. The van der Waals surface area contributed by atoms with Crippen LogP contribution >= 0.6 is 11.6 Å². The first-order valence-electron chi connectivity index (χ1n) is 6.55. The number of hydrogen-bond acceptors (Lipinski definition) is 8. The lowest BCUT2D eigenvalue weighted by atomic mass is 10.3. The second-order valence-electron chi connectivity index (χ2n) is 4.76. The lowest BCUT2D eigenvalue weighted by molar-refractivity contribution is 0.481. The summed E-state index contributed by atoms with van der Waals surface area (Å²) in [5, 5.41) is 6.70. The quantitative estimate of drug-likeness (QED) is 0.363. The van der Waals surface area contributed by atoms with Crippen LogP contribution in [0, 0.1) is 0 Å². The summed E-state index contributed by atoms with van der Waals surface area (Å²) in [5.74, 6) is 0. The smallest absolute Gasteiger partial charge is 0.244 e. The van der Waals surface area contributed by atoms with Gasteiger partial charge < -0.3 is 0 Å². The Kier molecular flexibility index (Phi) is 5.41. The van der Waals surface area contributed by atoms with Gasteiger partial charge in [0.15, 0.2) is 0 Å². The predicted octanol–water partition coefficient (Wildman–Crippen LogP) is -0.364. The van der Waals surface area contributed by atoms with Crippen molar-refractivity contribution in [1.82, 2.24) is 27.9 Å². The zero-order chi connectivity index (χ0) is 18.8. The van der Waals surface area contributed by atoms with E-state index in [4.69, 9.17) is 11.6 Å². The van der Waals surface area contributed by atoms with Gasteiger partial charge in [0.1, 0.15) is 11.5 Å². The van der Waals surface area contributed by atoms with Crippen molar-refractivity contribution in [1.29, 1.82) is 0 Å². The summed E-state index contributed by atoms with van der Waals surface area (Å²) >= 11 is 5.85. The summed E-state index contributed by atoms with van der Waals surface area (Å²) < 4.78 is 50.5. The van der Waals surface area contributed by atoms with Crippen LogP contribution in [-0.2, 0) is 20.2 Å². The standard InChI is InChI=1S/C11H14ClN7O4S2/c1-17(2)25(22,23)19-8-14-11(16-19)24(20,21)18(3)15-7-9-5-4-6-13-10(9)12/h4-8H,1-3H3/b15-7+. The molecule has 0 unspecified atom stereocenters. The van der Waals surface area contributed by atoms with Crippen LogP contribution in [0.3, 0.4) is 0 Å². The molecule has 25 heavy (non-hydrogen) atoms. The molecule has 0 aliphatic carbocycles. The van der Waals surface area contributed by atoms with Crippen molar-refractivity contribution in [2.75, 3.05) is 21.1 Å². The maximum Gasteiger partial charge on any atom is 0.323 e. The second-order valence-corrected chi connectivity index (χ2v) is 8.96. The molecular weight excluding hydrogens is 394 g/mol. The number of pyridine rings is 1. The molecule has 2 aromatic heterocycles. The zero-order valence-corrected chi connectivity index (χ0v) is 15.7. The minimum atomic E-state index is -4.24. The molecule has 0 amide bonds. The first kappa shape index (κ1) is 19.2. The van der Waals surface area contributed by atoms with Crippen LogP contribution in [0.1, 0.15) is 5.56 Å². The lowest BCUT2D eigenvalue weighted by Gasteiger charge is -2.11. The van der Waals surface area contributed by atoms with E-state index in [0.29, 0.717) is 14.1 Å². The van der Waals surface area contributed by atoms with Crippen LogP contribution in [-0.4, -0.2) is 72.1 Å². The zero-order valence-electron chi connectivity index (χ0n) is 13.3. The van der Waals surface area contributed by atoms with E-state index in [2.05, 4.69) is 20.2 Å². The topological polar surface area (TPSA) is 131 Å². The molecule has 136 valence electrons. The highest BCUT2D eigenvalue weighted by molar-refractivity contribution is 7.89. The highest BCUT2D eigenvalue weighted by Crippen LogP contribution is 2.12. The van der Waals surface area contributed by atoms with Crippen LogP contribution in [0.5, 0.6) is 0 Å². The van der Waals surface area contributed by atoms with Gasteiger partial charge in [-0.15, -0.1) is 9.19 Å². The summed E-state index contributed by atoms with van der Waals surface area (Å²) in [7, 11) is -4.51. The van der Waals surface area contributed by atoms with E-state index in [0.717, 1.165) is 17.7 Å². The minimum Gasteiger partial charge on any atom is -0.244 e. The van der Waals surface area contributed by atoms with Crippen molar-refractivity contribution < 1.29 is 16.8 Å². The molecule has 0 bridgehead atoms. The summed E-state index contributed by atoms with van der Waals surface area (Å²) in [4.78, 5) is 7.37. The van der Waals surface area contributed by atoms with Crippen molar-refractivity contribution in [3.8, 4) is 0 Å². The van der Waals surface area contributed by atoms with Gasteiger partial charge in [0.05, 0.1) is 6.21 Å². The second kappa shape index (κ2) is 7.03. The van der Waals surface area contributed by atoms with Crippen LogP contribution in [0.4, 0.5) is 0 Å². The van der Waals surface area contributed by atoms with Gasteiger partial charge in [-0.3, -0.25) is 0 Å². The van der Waals surface area contributed by atoms with Crippen LogP contribution in [0.2, 0.25) is 5.15 Å². The molecule has 0 N–H and O–H groups in total. The van der Waals surface area contributed by atoms with Gasteiger partial charge in [-0.2, -0.15) is 30.7 Å². The van der Waals surface area contributed by atoms with Gasteiger partial charge >= 0.3 is 20.2 Å². The van der Waals surface area contributed by atoms with Crippen LogP contribution in [0.15, 0.2) is 34.9 Å². The molecular formula is C11H14ClN7O4S2. The Balaban J connectivity index is 2.30. The summed E-state index contributed by atoms with van der Waals surface area (Å²) in [6.07, 6.45) is 3.46. The maximum absolute atomic E-state index is 12.4. The molecule has 0 saturated carbocycles. The molecule has 2 aromatic rings. The van der Waals surface area contributed by atoms with E-state index in [9.17, 15) is 16.8 Å². The monoisotopic (exact) mass is 407 g/mol. The van der Waals surface area contributed by atoms with Gasteiger partial charge in [0.25, 0.3) is 5.16 Å². The van der Waals surface area contributed by atoms with Crippen molar-refractivity contribution in [2.24, 2.45) is 5.10 Å². The summed E-state index contributed by atoms with van der Waals surface area (Å²) in [6, 6.07) is 3.20. The van der Waals surface area contributed by atoms with E-state index in [1.807, 2.05) is 0 Å².